The Morgan fingerprint density at radius 2 is 1.67 bits per heavy atom. The standard InChI is InChI=1S/C29H30N2O7S/c1-17(2)16-38-24-14-7-20(15-18(24)3)27(32)25-26(19-5-10-22(37-4)11-6-19)31(29(34)28(25)33)21-8-12-23(13-9-21)39(30,35)36/h5-15,17,26,32H,16H2,1-4H3,(H2,30,35,36)/b27-25+. The Morgan fingerprint density at radius 1 is 1.03 bits per heavy atom. The van der Waals surface area contributed by atoms with Gasteiger partial charge >= 0.3 is 0 Å². The number of sulfonamides is 1. The maximum absolute atomic E-state index is 13.4. The Hall–Kier alpha value is -4.15. The van der Waals surface area contributed by atoms with Crippen LogP contribution in [-0.4, -0.2) is 38.9 Å². The molecule has 0 saturated carbocycles. The third-order valence-electron chi connectivity index (χ3n) is 6.34. The summed E-state index contributed by atoms with van der Waals surface area (Å²) in [5.74, 6) is -0.521. The van der Waals surface area contributed by atoms with Crippen molar-refractivity contribution in [2.75, 3.05) is 18.6 Å². The van der Waals surface area contributed by atoms with E-state index in [1.54, 1.807) is 42.5 Å². The lowest BCUT2D eigenvalue weighted by Gasteiger charge is -2.25. The first-order chi connectivity index (χ1) is 18.4. The molecule has 0 radical (unpaired) electrons. The van der Waals surface area contributed by atoms with Gasteiger partial charge < -0.3 is 14.6 Å². The molecule has 39 heavy (non-hydrogen) atoms. The molecule has 0 spiro atoms. The van der Waals surface area contributed by atoms with Crippen LogP contribution >= 0.6 is 0 Å². The Labute approximate surface area is 227 Å². The summed E-state index contributed by atoms with van der Waals surface area (Å²) in [7, 11) is -2.44. The fourth-order valence-electron chi connectivity index (χ4n) is 4.37. The van der Waals surface area contributed by atoms with E-state index in [2.05, 4.69) is 0 Å². The molecular formula is C29H30N2O7S. The first-order valence-electron chi connectivity index (χ1n) is 12.2. The lowest BCUT2D eigenvalue weighted by atomic mass is 9.94. The van der Waals surface area contributed by atoms with Gasteiger partial charge in [-0.3, -0.25) is 14.5 Å². The van der Waals surface area contributed by atoms with Gasteiger partial charge in [0.15, 0.2) is 0 Å². The molecule has 1 amide bonds. The van der Waals surface area contributed by atoms with Crippen LogP contribution in [-0.2, 0) is 19.6 Å². The molecule has 3 aromatic carbocycles. The number of ketones is 1. The predicted octanol–water partition coefficient (Wildman–Crippen LogP) is 4.31. The minimum Gasteiger partial charge on any atom is -0.507 e. The van der Waals surface area contributed by atoms with Crippen molar-refractivity contribution in [3.8, 4) is 11.5 Å². The van der Waals surface area contributed by atoms with Crippen LogP contribution in [0.5, 0.6) is 11.5 Å². The number of methoxy groups -OCH3 is 1. The minimum atomic E-state index is -3.96. The van der Waals surface area contributed by atoms with Crippen LogP contribution in [0.25, 0.3) is 5.76 Å². The highest BCUT2D eigenvalue weighted by molar-refractivity contribution is 7.89. The number of nitrogens with zero attached hydrogens (tertiary/aromatic N) is 1. The molecule has 1 aliphatic rings. The first kappa shape index (κ1) is 27.9. The topological polar surface area (TPSA) is 136 Å². The van der Waals surface area contributed by atoms with Gasteiger partial charge in [-0.15, -0.1) is 0 Å². The van der Waals surface area contributed by atoms with E-state index < -0.39 is 27.8 Å². The molecule has 1 saturated heterocycles. The van der Waals surface area contributed by atoms with Gasteiger partial charge in [-0.1, -0.05) is 26.0 Å². The number of aliphatic hydroxyl groups excluding tert-OH is 1. The second-order valence-electron chi connectivity index (χ2n) is 9.67. The Morgan fingerprint density at radius 3 is 2.21 bits per heavy atom. The second kappa shape index (κ2) is 10.9. The summed E-state index contributed by atoms with van der Waals surface area (Å²) >= 11 is 0. The summed E-state index contributed by atoms with van der Waals surface area (Å²) in [5.41, 5.74) is 1.81. The molecule has 0 bridgehead atoms. The normalized spacial score (nSPS) is 17.1. The SMILES string of the molecule is COc1ccc(C2/C(=C(\O)c3ccc(OCC(C)C)c(C)c3)C(=O)C(=O)N2c2ccc(S(N)(=O)=O)cc2)cc1. The molecule has 4 rings (SSSR count). The van der Waals surface area contributed by atoms with Crippen molar-refractivity contribution in [1.29, 1.82) is 0 Å². The molecule has 1 unspecified atom stereocenters. The fraction of sp³-hybridized carbons (Fsp3) is 0.241. The van der Waals surface area contributed by atoms with Crippen molar-refractivity contribution >= 4 is 33.2 Å². The van der Waals surface area contributed by atoms with Crippen molar-refractivity contribution in [3.63, 3.8) is 0 Å². The average Bonchev–Trinajstić information content (AvgIpc) is 3.17. The fourth-order valence-corrected chi connectivity index (χ4v) is 4.88. The summed E-state index contributed by atoms with van der Waals surface area (Å²) in [6.07, 6.45) is 0. The molecule has 1 fully saturated rings. The van der Waals surface area contributed by atoms with Crippen LogP contribution in [0.15, 0.2) is 77.2 Å². The molecule has 1 atom stereocenters. The number of hydrogen-bond donors (Lipinski definition) is 2. The summed E-state index contributed by atoms with van der Waals surface area (Å²) in [6.45, 7) is 6.43. The Bertz CT molecular complexity index is 1540. The van der Waals surface area contributed by atoms with Gasteiger partial charge in [0, 0.05) is 11.3 Å². The average molecular weight is 551 g/mol. The molecule has 0 aliphatic carbocycles. The number of carbonyl (C=O) groups excluding carboxylic acids is 2. The number of hydrogen-bond acceptors (Lipinski definition) is 7. The number of aliphatic hydroxyl groups is 1. The van der Waals surface area contributed by atoms with Crippen LogP contribution in [0.1, 0.15) is 36.6 Å². The summed E-state index contributed by atoms with van der Waals surface area (Å²) in [4.78, 5) is 27.8. The summed E-state index contributed by atoms with van der Waals surface area (Å²) in [6, 6.07) is 16.1. The number of rotatable bonds is 8. The van der Waals surface area contributed by atoms with Crippen molar-refractivity contribution in [2.24, 2.45) is 11.1 Å². The van der Waals surface area contributed by atoms with E-state index in [1.165, 1.54) is 36.3 Å². The van der Waals surface area contributed by atoms with Crippen LogP contribution in [0.2, 0.25) is 0 Å². The van der Waals surface area contributed by atoms with Crippen molar-refractivity contribution < 1.29 is 32.6 Å². The summed E-state index contributed by atoms with van der Waals surface area (Å²) < 4.78 is 34.5. The third-order valence-corrected chi connectivity index (χ3v) is 7.27. The van der Waals surface area contributed by atoms with Crippen molar-refractivity contribution in [2.45, 2.75) is 31.7 Å². The van der Waals surface area contributed by atoms with Crippen LogP contribution < -0.4 is 19.5 Å². The van der Waals surface area contributed by atoms with Gasteiger partial charge in [0.1, 0.15) is 17.3 Å². The number of carbonyl (C=O) groups is 2. The van der Waals surface area contributed by atoms with Crippen molar-refractivity contribution in [3.05, 3.63) is 89.0 Å². The van der Waals surface area contributed by atoms with Crippen LogP contribution in [0, 0.1) is 12.8 Å². The number of primary sulfonamides is 1. The quantitative estimate of drug-likeness (QED) is 0.242. The Balaban J connectivity index is 1.85. The van der Waals surface area contributed by atoms with E-state index in [-0.39, 0.29) is 21.9 Å². The van der Waals surface area contributed by atoms with Crippen molar-refractivity contribution in [1.82, 2.24) is 0 Å². The largest absolute Gasteiger partial charge is 0.507 e. The van der Waals surface area contributed by atoms with E-state index in [9.17, 15) is 23.1 Å². The molecule has 3 aromatic rings. The number of nitrogens with two attached hydrogens (primary N) is 1. The summed E-state index contributed by atoms with van der Waals surface area (Å²) in [5, 5.41) is 16.6. The molecule has 1 heterocycles. The molecule has 3 N–H and O–H groups in total. The van der Waals surface area contributed by atoms with Gasteiger partial charge in [-0.2, -0.15) is 0 Å². The van der Waals surface area contributed by atoms with E-state index in [0.29, 0.717) is 35.2 Å². The molecule has 9 nitrogen and oxygen atoms in total. The van der Waals surface area contributed by atoms with Crippen LogP contribution in [0.3, 0.4) is 0 Å². The monoisotopic (exact) mass is 550 g/mol. The minimum absolute atomic E-state index is 0.101. The van der Waals surface area contributed by atoms with E-state index >= 15 is 0 Å². The lowest BCUT2D eigenvalue weighted by Crippen LogP contribution is -2.29. The Kier molecular flexibility index (Phi) is 7.80. The third kappa shape index (κ3) is 5.67. The second-order valence-corrected chi connectivity index (χ2v) is 11.2. The molecule has 0 aromatic heterocycles. The maximum Gasteiger partial charge on any atom is 0.300 e. The first-order valence-corrected chi connectivity index (χ1v) is 13.8. The van der Waals surface area contributed by atoms with Gasteiger partial charge in [0.25, 0.3) is 11.7 Å². The zero-order chi connectivity index (χ0) is 28.5. The van der Waals surface area contributed by atoms with Gasteiger partial charge in [-0.25, -0.2) is 13.6 Å². The molecule has 204 valence electrons. The van der Waals surface area contributed by atoms with E-state index in [4.69, 9.17) is 14.6 Å². The highest BCUT2D eigenvalue weighted by Gasteiger charge is 2.47. The number of Topliss-reactive ketones (excluding diaryl/α,β-unsaturated/α-hetero) is 1. The van der Waals surface area contributed by atoms with E-state index in [0.717, 1.165) is 5.56 Å². The van der Waals surface area contributed by atoms with Gasteiger partial charge in [0.05, 0.1) is 30.2 Å². The number of anilines is 1. The predicted molar refractivity (Wildman–Crippen MR) is 147 cm³/mol. The number of ether oxygens (including phenoxy) is 2. The highest BCUT2D eigenvalue weighted by Crippen LogP contribution is 2.43. The highest BCUT2D eigenvalue weighted by atomic mass is 32.2. The molecule has 1 aliphatic heterocycles. The number of amides is 1. The van der Waals surface area contributed by atoms with Crippen LogP contribution in [0.4, 0.5) is 5.69 Å². The zero-order valence-electron chi connectivity index (χ0n) is 22.0. The smallest absolute Gasteiger partial charge is 0.300 e. The number of benzene rings is 3. The number of aryl methyl sites for hydroxylation is 1. The van der Waals surface area contributed by atoms with Gasteiger partial charge in [0.2, 0.25) is 10.0 Å². The van der Waals surface area contributed by atoms with Gasteiger partial charge in [-0.05, 0) is 78.6 Å². The molecular weight excluding hydrogens is 520 g/mol. The molecule has 10 heteroatoms. The van der Waals surface area contributed by atoms with E-state index in [1.807, 2.05) is 20.8 Å². The zero-order valence-corrected chi connectivity index (χ0v) is 22.9. The lowest BCUT2D eigenvalue weighted by molar-refractivity contribution is -0.132. The maximum atomic E-state index is 13.4.